The largest absolute Gasteiger partial charge is 0.348 e. The summed E-state index contributed by atoms with van der Waals surface area (Å²) in [5, 5.41) is 2.84. The molecule has 2 aromatic heterocycles. The van der Waals surface area contributed by atoms with Crippen LogP contribution in [0.2, 0.25) is 0 Å². The molecule has 0 saturated carbocycles. The molecule has 0 radical (unpaired) electrons. The van der Waals surface area contributed by atoms with E-state index in [0.717, 1.165) is 24.1 Å². The van der Waals surface area contributed by atoms with Gasteiger partial charge in [-0.25, -0.2) is 0 Å². The standard InChI is InChI=1S/C22H20N4O2/c27-21(25-13-16-7-9-23-10-8-16)18-12-19(15-24-14-18)22(28)26-11-3-5-17-4-1-2-6-20(17)26/h1-2,4,6-10,12,14-15H,3,5,11,13H2,(H,25,27). The number of aryl methyl sites for hydroxylation is 1. The lowest BCUT2D eigenvalue weighted by atomic mass is 10.0. The van der Waals surface area contributed by atoms with E-state index in [2.05, 4.69) is 21.4 Å². The second-order valence-corrected chi connectivity index (χ2v) is 6.69. The van der Waals surface area contributed by atoms with Gasteiger partial charge in [-0.3, -0.25) is 19.6 Å². The molecule has 1 aliphatic heterocycles. The van der Waals surface area contributed by atoms with Gasteiger partial charge in [-0.1, -0.05) is 18.2 Å². The zero-order valence-corrected chi connectivity index (χ0v) is 15.3. The predicted octanol–water partition coefficient (Wildman–Crippen LogP) is 3.00. The molecule has 3 aromatic rings. The predicted molar refractivity (Wildman–Crippen MR) is 106 cm³/mol. The molecule has 6 heteroatoms. The molecule has 28 heavy (non-hydrogen) atoms. The van der Waals surface area contributed by atoms with E-state index in [0.29, 0.717) is 24.2 Å². The van der Waals surface area contributed by atoms with Gasteiger partial charge in [-0.05, 0) is 48.2 Å². The molecule has 1 aromatic carbocycles. The Hall–Kier alpha value is -3.54. The zero-order chi connectivity index (χ0) is 19.3. The third-order valence-corrected chi connectivity index (χ3v) is 4.81. The SMILES string of the molecule is O=C(NCc1ccncc1)c1cncc(C(=O)N2CCCc3ccccc32)c1. The minimum Gasteiger partial charge on any atom is -0.348 e. The first-order chi connectivity index (χ1) is 13.7. The molecule has 2 amide bonds. The number of anilines is 1. The van der Waals surface area contributed by atoms with Gasteiger partial charge in [-0.15, -0.1) is 0 Å². The molecule has 0 spiro atoms. The smallest absolute Gasteiger partial charge is 0.259 e. The fourth-order valence-corrected chi connectivity index (χ4v) is 3.37. The van der Waals surface area contributed by atoms with Gasteiger partial charge in [0.1, 0.15) is 0 Å². The van der Waals surface area contributed by atoms with Crippen LogP contribution in [-0.2, 0) is 13.0 Å². The Kier molecular flexibility index (Phi) is 5.10. The Labute approximate surface area is 163 Å². The minimum atomic E-state index is -0.266. The first kappa shape index (κ1) is 17.9. The summed E-state index contributed by atoms with van der Waals surface area (Å²) in [5.41, 5.74) is 3.83. The van der Waals surface area contributed by atoms with Crippen molar-refractivity contribution in [1.82, 2.24) is 15.3 Å². The van der Waals surface area contributed by atoms with E-state index < -0.39 is 0 Å². The number of hydrogen-bond donors (Lipinski definition) is 1. The number of nitrogens with one attached hydrogen (secondary N) is 1. The normalized spacial score (nSPS) is 12.9. The summed E-state index contributed by atoms with van der Waals surface area (Å²) < 4.78 is 0. The fraction of sp³-hybridized carbons (Fsp3) is 0.182. The van der Waals surface area contributed by atoms with Crippen molar-refractivity contribution in [3.05, 3.63) is 89.5 Å². The summed E-state index contributed by atoms with van der Waals surface area (Å²) in [5.74, 6) is -0.401. The number of carbonyl (C=O) groups is 2. The number of para-hydroxylation sites is 1. The number of carbonyl (C=O) groups excluding carboxylic acids is 2. The van der Waals surface area contributed by atoms with Gasteiger partial charge in [-0.2, -0.15) is 0 Å². The first-order valence-corrected chi connectivity index (χ1v) is 9.24. The summed E-state index contributed by atoms with van der Waals surface area (Å²) >= 11 is 0. The number of hydrogen-bond acceptors (Lipinski definition) is 4. The summed E-state index contributed by atoms with van der Waals surface area (Å²) in [6.07, 6.45) is 8.23. The molecule has 6 nitrogen and oxygen atoms in total. The molecule has 0 bridgehead atoms. The summed E-state index contributed by atoms with van der Waals surface area (Å²) in [7, 11) is 0. The Balaban J connectivity index is 1.51. The quantitative estimate of drug-likeness (QED) is 0.764. The van der Waals surface area contributed by atoms with Crippen LogP contribution in [0, 0.1) is 0 Å². The molecule has 4 rings (SSSR count). The van der Waals surface area contributed by atoms with Crippen LogP contribution in [0.15, 0.2) is 67.3 Å². The maximum atomic E-state index is 13.1. The van der Waals surface area contributed by atoms with E-state index in [1.807, 2.05) is 30.3 Å². The van der Waals surface area contributed by atoms with Gasteiger partial charge < -0.3 is 10.2 Å². The summed E-state index contributed by atoms with van der Waals surface area (Å²) in [6, 6.07) is 13.2. The first-order valence-electron chi connectivity index (χ1n) is 9.24. The topological polar surface area (TPSA) is 75.2 Å². The number of amides is 2. The second kappa shape index (κ2) is 8.00. The molecule has 0 fully saturated rings. The van der Waals surface area contributed by atoms with Crippen molar-refractivity contribution in [3.8, 4) is 0 Å². The lowest BCUT2D eigenvalue weighted by Crippen LogP contribution is -2.35. The van der Waals surface area contributed by atoms with Crippen molar-refractivity contribution in [2.75, 3.05) is 11.4 Å². The lowest BCUT2D eigenvalue weighted by Gasteiger charge is -2.29. The zero-order valence-electron chi connectivity index (χ0n) is 15.3. The number of fused-ring (bicyclic) bond motifs is 1. The van der Waals surface area contributed by atoms with Gasteiger partial charge in [0.25, 0.3) is 11.8 Å². The van der Waals surface area contributed by atoms with Crippen molar-refractivity contribution >= 4 is 17.5 Å². The van der Waals surface area contributed by atoms with Gasteiger partial charge in [0.05, 0.1) is 11.1 Å². The minimum absolute atomic E-state index is 0.136. The second-order valence-electron chi connectivity index (χ2n) is 6.69. The highest BCUT2D eigenvalue weighted by molar-refractivity contribution is 6.08. The van der Waals surface area contributed by atoms with Crippen LogP contribution in [0.5, 0.6) is 0 Å². The Bertz CT molecular complexity index is 1000. The van der Waals surface area contributed by atoms with E-state index in [9.17, 15) is 9.59 Å². The third kappa shape index (κ3) is 3.76. The van der Waals surface area contributed by atoms with Crippen molar-refractivity contribution in [3.63, 3.8) is 0 Å². The van der Waals surface area contributed by atoms with E-state index >= 15 is 0 Å². The summed E-state index contributed by atoms with van der Waals surface area (Å²) in [4.78, 5) is 35.4. The van der Waals surface area contributed by atoms with Crippen molar-refractivity contribution in [2.24, 2.45) is 0 Å². The molecule has 1 N–H and O–H groups in total. The monoisotopic (exact) mass is 372 g/mol. The molecule has 140 valence electrons. The van der Waals surface area contributed by atoms with Crippen LogP contribution < -0.4 is 10.2 Å². The lowest BCUT2D eigenvalue weighted by molar-refractivity contribution is 0.0950. The highest BCUT2D eigenvalue weighted by atomic mass is 16.2. The maximum absolute atomic E-state index is 13.1. The molecular weight excluding hydrogens is 352 g/mol. The molecule has 0 unspecified atom stereocenters. The van der Waals surface area contributed by atoms with E-state index in [1.54, 1.807) is 23.4 Å². The van der Waals surface area contributed by atoms with Gasteiger partial charge in [0.2, 0.25) is 0 Å². The van der Waals surface area contributed by atoms with Crippen molar-refractivity contribution < 1.29 is 9.59 Å². The number of aromatic nitrogens is 2. The van der Waals surface area contributed by atoms with E-state index in [4.69, 9.17) is 0 Å². The molecule has 0 atom stereocenters. The number of benzene rings is 1. The van der Waals surface area contributed by atoms with Crippen molar-refractivity contribution in [1.29, 1.82) is 0 Å². The van der Waals surface area contributed by atoms with Crippen LogP contribution >= 0.6 is 0 Å². The van der Waals surface area contributed by atoms with Gasteiger partial charge in [0.15, 0.2) is 0 Å². The highest BCUT2D eigenvalue weighted by Gasteiger charge is 2.24. The number of pyridine rings is 2. The average molecular weight is 372 g/mol. The van der Waals surface area contributed by atoms with Crippen molar-refractivity contribution in [2.45, 2.75) is 19.4 Å². The molecular formula is C22H20N4O2. The molecule has 0 aliphatic carbocycles. The van der Waals surface area contributed by atoms with Crippen LogP contribution in [0.1, 0.15) is 38.3 Å². The van der Waals surface area contributed by atoms with Crippen LogP contribution in [0.4, 0.5) is 5.69 Å². The Morgan fingerprint density at radius 2 is 1.79 bits per heavy atom. The summed E-state index contributed by atoms with van der Waals surface area (Å²) in [6.45, 7) is 1.05. The van der Waals surface area contributed by atoms with Crippen LogP contribution in [-0.4, -0.2) is 28.3 Å². The molecule has 3 heterocycles. The van der Waals surface area contributed by atoms with Crippen LogP contribution in [0.25, 0.3) is 0 Å². The third-order valence-electron chi connectivity index (χ3n) is 4.81. The number of rotatable bonds is 4. The average Bonchev–Trinajstić information content (AvgIpc) is 2.77. The van der Waals surface area contributed by atoms with Gasteiger partial charge in [0, 0.05) is 43.6 Å². The Morgan fingerprint density at radius 1 is 1.00 bits per heavy atom. The molecule has 1 aliphatic rings. The van der Waals surface area contributed by atoms with Crippen LogP contribution in [0.3, 0.4) is 0 Å². The fourth-order valence-electron chi connectivity index (χ4n) is 3.37. The Morgan fingerprint density at radius 3 is 2.64 bits per heavy atom. The van der Waals surface area contributed by atoms with E-state index in [1.165, 1.54) is 18.0 Å². The number of nitrogens with zero attached hydrogens (tertiary/aromatic N) is 3. The van der Waals surface area contributed by atoms with Gasteiger partial charge >= 0.3 is 0 Å². The van der Waals surface area contributed by atoms with E-state index in [-0.39, 0.29) is 11.8 Å². The highest BCUT2D eigenvalue weighted by Crippen LogP contribution is 2.28. The maximum Gasteiger partial charge on any atom is 0.259 e. The molecule has 0 saturated heterocycles.